The minimum Gasteiger partial charge on any atom is -0.481 e. The average Bonchev–Trinajstić information content (AvgIpc) is 2.41. The molecule has 1 unspecified atom stereocenters. The highest BCUT2D eigenvalue weighted by Gasteiger charge is 2.16. The minimum absolute atomic E-state index is 0.222. The number of aliphatic carboxylic acids is 1. The van der Waals surface area contributed by atoms with Crippen molar-refractivity contribution in [3.63, 3.8) is 0 Å². The SMILES string of the molecule is CCC(=O)O.Cc1ncccc1C1CCCNC1. The predicted molar refractivity (Wildman–Crippen MR) is 71.7 cm³/mol. The molecule has 18 heavy (non-hydrogen) atoms. The highest BCUT2D eigenvalue weighted by molar-refractivity contribution is 5.66. The third-order valence-corrected chi connectivity index (χ3v) is 3.09. The van der Waals surface area contributed by atoms with E-state index >= 15 is 0 Å². The zero-order valence-electron chi connectivity index (χ0n) is 11.1. The predicted octanol–water partition coefficient (Wildman–Crippen LogP) is 2.34. The highest BCUT2D eigenvalue weighted by Crippen LogP contribution is 2.24. The fourth-order valence-electron chi connectivity index (χ4n) is 2.05. The van der Waals surface area contributed by atoms with Crippen molar-refractivity contribution in [1.29, 1.82) is 0 Å². The maximum Gasteiger partial charge on any atom is 0.303 e. The van der Waals surface area contributed by atoms with Gasteiger partial charge in [0.25, 0.3) is 0 Å². The Hall–Kier alpha value is -1.42. The number of aryl methyl sites for hydroxylation is 1. The third-order valence-electron chi connectivity index (χ3n) is 3.09. The maximum atomic E-state index is 9.37. The zero-order chi connectivity index (χ0) is 13.4. The Kier molecular flexibility index (Phi) is 6.36. The Morgan fingerprint density at radius 1 is 1.61 bits per heavy atom. The van der Waals surface area contributed by atoms with Gasteiger partial charge in [-0.25, -0.2) is 0 Å². The van der Waals surface area contributed by atoms with E-state index < -0.39 is 5.97 Å². The molecule has 0 aliphatic carbocycles. The molecule has 0 amide bonds. The number of piperidine rings is 1. The fraction of sp³-hybridized carbons (Fsp3) is 0.571. The van der Waals surface area contributed by atoms with Gasteiger partial charge in [0.05, 0.1) is 0 Å². The standard InChI is InChI=1S/C11H16N2.C3H6O2/c1-9-11(5-3-7-13-9)10-4-2-6-12-8-10;1-2-3(4)5/h3,5,7,10,12H,2,4,6,8H2,1H3;2H2,1H3,(H,4,5). The van der Waals surface area contributed by atoms with E-state index in [1.165, 1.54) is 30.6 Å². The highest BCUT2D eigenvalue weighted by atomic mass is 16.4. The number of hydrogen-bond donors (Lipinski definition) is 2. The summed E-state index contributed by atoms with van der Waals surface area (Å²) in [5, 5.41) is 11.2. The first kappa shape index (κ1) is 14.6. The first-order chi connectivity index (χ1) is 8.65. The van der Waals surface area contributed by atoms with E-state index in [0.29, 0.717) is 5.92 Å². The van der Waals surface area contributed by atoms with E-state index in [2.05, 4.69) is 23.3 Å². The van der Waals surface area contributed by atoms with E-state index in [1.807, 2.05) is 12.3 Å². The Bertz CT molecular complexity index is 374. The van der Waals surface area contributed by atoms with Crippen LogP contribution >= 0.6 is 0 Å². The molecule has 1 saturated heterocycles. The van der Waals surface area contributed by atoms with Gasteiger partial charge in [0, 0.05) is 24.9 Å². The summed E-state index contributed by atoms with van der Waals surface area (Å²) in [6, 6.07) is 4.25. The molecule has 1 aliphatic rings. The Morgan fingerprint density at radius 2 is 2.33 bits per heavy atom. The molecular formula is C14H22N2O2. The smallest absolute Gasteiger partial charge is 0.303 e. The molecule has 2 N–H and O–H groups in total. The number of carbonyl (C=O) groups is 1. The van der Waals surface area contributed by atoms with Gasteiger partial charge < -0.3 is 10.4 Å². The van der Waals surface area contributed by atoms with Crippen LogP contribution in [0.25, 0.3) is 0 Å². The Balaban J connectivity index is 0.000000280. The van der Waals surface area contributed by atoms with E-state index in [-0.39, 0.29) is 6.42 Å². The van der Waals surface area contributed by atoms with Crippen LogP contribution in [0.4, 0.5) is 0 Å². The molecule has 0 bridgehead atoms. The Morgan fingerprint density at radius 3 is 2.83 bits per heavy atom. The lowest BCUT2D eigenvalue weighted by molar-refractivity contribution is -0.136. The van der Waals surface area contributed by atoms with Crippen molar-refractivity contribution in [3.05, 3.63) is 29.6 Å². The molecule has 0 saturated carbocycles. The molecule has 0 radical (unpaired) electrons. The van der Waals surface area contributed by atoms with Crippen molar-refractivity contribution in [2.75, 3.05) is 13.1 Å². The topological polar surface area (TPSA) is 62.2 Å². The van der Waals surface area contributed by atoms with Gasteiger partial charge in [-0.1, -0.05) is 13.0 Å². The maximum absolute atomic E-state index is 9.37. The van der Waals surface area contributed by atoms with Crippen molar-refractivity contribution in [2.45, 2.75) is 39.0 Å². The second-order valence-corrected chi connectivity index (χ2v) is 4.47. The van der Waals surface area contributed by atoms with Gasteiger partial charge in [-0.05, 0) is 43.9 Å². The van der Waals surface area contributed by atoms with Crippen LogP contribution in [0.5, 0.6) is 0 Å². The summed E-state index contributed by atoms with van der Waals surface area (Å²) in [6.07, 6.45) is 4.69. The summed E-state index contributed by atoms with van der Waals surface area (Å²) in [5.74, 6) is -0.0625. The molecule has 2 heterocycles. The molecule has 0 spiro atoms. The van der Waals surface area contributed by atoms with Gasteiger partial charge in [-0.2, -0.15) is 0 Å². The normalized spacial score (nSPS) is 18.7. The van der Waals surface area contributed by atoms with Gasteiger partial charge in [-0.15, -0.1) is 0 Å². The van der Waals surface area contributed by atoms with Crippen LogP contribution < -0.4 is 5.32 Å². The third kappa shape index (κ3) is 4.84. The molecule has 0 aromatic carbocycles. The lowest BCUT2D eigenvalue weighted by atomic mass is 9.91. The van der Waals surface area contributed by atoms with Crippen LogP contribution in [0.3, 0.4) is 0 Å². The van der Waals surface area contributed by atoms with Gasteiger partial charge >= 0.3 is 5.97 Å². The van der Waals surface area contributed by atoms with Crippen molar-refractivity contribution in [1.82, 2.24) is 10.3 Å². The molecule has 1 fully saturated rings. The van der Waals surface area contributed by atoms with Crippen molar-refractivity contribution < 1.29 is 9.90 Å². The second-order valence-electron chi connectivity index (χ2n) is 4.47. The number of carboxylic acids is 1. The first-order valence-corrected chi connectivity index (χ1v) is 6.49. The van der Waals surface area contributed by atoms with E-state index in [1.54, 1.807) is 6.92 Å². The summed E-state index contributed by atoms with van der Waals surface area (Å²) in [6.45, 7) is 5.99. The zero-order valence-corrected chi connectivity index (χ0v) is 11.1. The van der Waals surface area contributed by atoms with Crippen LogP contribution in [0.15, 0.2) is 18.3 Å². The quantitative estimate of drug-likeness (QED) is 0.845. The summed E-state index contributed by atoms with van der Waals surface area (Å²) in [5.41, 5.74) is 2.62. The van der Waals surface area contributed by atoms with Crippen molar-refractivity contribution in [2.24, 2.45) is 0 Å². The summed E-state index contributed by atoms with van der Waals surface area (Å²) in [7, 11) is 0. The molecule has 1 atom stereocenters. The molecule has 2 rings (SSSR count). The molecule has 4 heteroatoms. The Labute approximate surface area is 108 Å². The van der Waals surface area contributed by atoms with E-state index in [4.69, 9.17) is 5.11 Å². The minimum atomic E-state index is -0.745. The van der Waals surface area contributed by atoms with Crippen LogP contribution in [0.2, 0.25) is 0 Å². The van der Waals surface area contributed by atoms with Crippen LogP contribution in [-0.4, -0.2) is 29.1 Å². The van der Waals surface area contributed by atoms with Crippen LogP contribution in [0, 0.1) is 6.92 Å². The summed E-state index contributed by atoms with van der Waals surface area (Å²) >= 11 is 0. The lowest BCUT2D eigenvalue weighted by Gasteiger charge is -2.23. The second kappa shape index (κ2) is 7.82. The molecule has 100 valence electrons. The van der Waals surface area contributed by atoms with Gasteiger partial charge in [0.2, 0.25) is 0 Å². The number of nitrogens with zero attached hydrogens (tertiary/aromatic N) is 1. The van der Waals surface area contributed by atoms with Gasteiger partial charge in [0.1, 0.15) is 0 Å². The first-order valence-electron chi connectivity index (χ1n) is 6.49. The van der Waals surface area contributed by atoms with E-state index in [0.717, 1.165) is 6.54 Å². The van der Waals surface area contributed by atoms with Crippen LogP contribution in [0.1, 0.15) is 43.4 Å². The van der Waals surface area contributed by atoms with Gasteiger partial charge in [-0.3, -0.25) is 9.78 Å². The van der Waals surface area contributed by atoms with Gasteiger partial charge in [0.15, 0.2) is 0 Å². The molecule has 1 aliphatic heterocycles. The van der Waals surface area contributed by atoms with Crippen molar-refractivity contribution in [3.8, 4) is 0 Å². The van der Waals surface area contributed by atoms with Crippen LogP contribution in [-0.2, 0) is 4.79 Å². The molecule has 4 nitrogen and oxygen atoms in total. The molecular weight excluding hydrogens is 228 g/mol. The number of nitrogens with one attached hydrogen (secondary N) is 1. The summed E-state index contributed by atoms with van der Waals surface area (Å²) in [4.78, 5) is 13.7. The lowest BCUT2D eigenvalue weighted by Crippen LogP contribution is -2.28. The molecule has 1 aromatic heterocycles. The largest absolute Gasteiger partial charge is 0.481 e. The number of aromatic nitrogens is 1. The van der Waals surface area contributed by atoms with E-state index in [9.17, 15) is 4.79 Å². The number of carboxylic acid groups (broad SMARTS) is 1. The fourth-order valence-corrected chi connectivity index (χ4v) is 2.05. The summed E-state index contributed by atoms with van der Waals surface area (Å²) < 4.78 is 0. The number of hydrogen-bond acceptors (Lipinski definition) is 3. The monoisotopic (exact) mass is 250 g/mol. The molecule has 1 aromatic rings. The average molecular weight is 250 g/mol. The number of rotatable bonds is 2. The number of pyridine rings is 1. The van der Waals surface area contributed by atoms with Crippen molar-refractivity contribution >= 4 is 5.97 Å².